The Balaban J connectivity index is 1.70. The van der Waals surface area contributed by atoms with Crippen molar-refractivity contribution in [3.05, 3.63) is 35.9 Å². The number of rotatable bonds is 6. The van der Waals surface area contributed by atoms with Crippen molar-refractivity contribution in [2.75, 3.05) is 19.6 Å². The van der Waals surface area contributed by atoms with Crippen molar-refractivity contribution < 1.29 is 19.1 Å². The maximum absolute atomic E-state index is 12.2. The van der Waals surface area contributed by atoms with E-state index >= 15 is 0 Å². The zero-order valence-electron chi connectivity index (χ0n) is 16.2. The molecule has 0 aliphatic carbocycles. The van der Waals surface area contributed by atoms with Crippen LogP contribution in [0.3, 0.4) is 0 Å². The molecule has 1 N–H and O–H groups in total. The van der Waals surface area contributed by atoms with Crippen molar-refractivity contribution in [2.45, 2.75) is 52.4 Å². The SMILES string of the molecule is CC(CN1CCC(C(=O)OCc2ccccc2)C1)NC(=O)OC(C)(C)C. The monoisotopic (exact) mass is 362 g/mol. The van der Waals surface area contributed by atoms with Gasteiger partial charge in [-0.1, -0.05) is 30.3 Å². The molecule has 2 atom stereocenters. The van der Waals surface area contributed by atoms with Crippen molar-refractivity contribution in [3.8, 4) is 0 Å². The molecule has 1 aromatic carbocycles. The van der Waals surface area contributed by atoms with Crippen molar-refractivity contribution in [1.82, 2.24) is 10.2 Å². The molecule has 1 aliphatic heterocycles. The summed E-state index contributed by atoms with van der Waals surface area (Å²) in [6.07, 6.45) is 0.371. The Labute approximate surface area is 155 Å². The van der Waals surface area contributed by atoms with E-state index in [2.05, 4.69) is 10.2 Å². The first-order valence-electron chi connectivity index (χ1n) is 9.15. The lowest BCUT2D eigenvalue weighted by atomic mass is 10.1. The molecule has 26 heavy (non-hydrogen) atoms. The van der Waals surface area contributed by atoms with E-state index in [1.165, 1.54) is 0 Å². The molecule has 1 saturated heterocycles. The van der Waals surface area contributed by atoms with Gasteiger partial charge in [-0.25, -0.2) is 4.79 Å². The molecule has 1 aliphatic rings. The van der Waals surface area contributed by atoms with Crippen LogP contribution in [0.1, 0.15) is 39.7 Å². The van der Waals surface area contributed by atoms with Gasteiger partial charge in [-0.05, 0) is 46.2 Å². The molecule has 0 bridgehead atoms. The lowest BCUT2D eigenvalue weighted by Crippen LogP contribution is -2.43. The van der Waals surface area contributed by atoms with Gasteiger partial charge in [0.25, 0.3) is 0 Å². The zero-order chi connectivity index (χ0) is 19.2. The van der Waals surface area contributed by atoms with E-state index in [1.54, 1.807) is 0 Å². The summed E-state index contributed by atoms with van der Waals surface area (Å²) in [7, 11) is 0. The van der Waals surface area contributed by atoms with Crippen LogP contribution in [0, 0.1) is 5.92 Å². The minimum absolute atomic E-state index is 0.0519. The average Bonchev–Trinajstić information content (AvgIpc) is 3.00. The molecule has 144 valence electrons. The fourth-order valence-corrected chi connectivity index (χ4v) is 2.98. The summed E-state index contributed by atoms with van der Waals surface area (Å²) in [5.74, 6) is -0.253. The van der Waals surface area contributed by atoms with E-state index in [-0.39, 0.29) is 17.9 Å². The predicted octanol–water partition coefficient (Wildman–Crippen LogP) is 2.96. The minimum Gasteiger partial charge on any atom is -0.461 e. The summed E-state index contributed by atoms with van der Waals surface area (Å²) in [6.45, 7) is 9.93. The quantitative estimate of drug-likeness (QED) is 0.788. The molecular weight excluding hydrogens is 332 g/mol. The number of carbonyl (C=O) groups excluding carboxylic acids is 2. The van der Waals surface area contributed by atoms with Gasteiger partial charge >= 0.3 is 12.1 Å². The normalized spacial score (nSPS) is 19.0. The molecule has 0 saturated carbocycles. The van der Waals surface area contributed by atoms with Gasteiger partial charge in [-0.15, -0.1) is 0 Å². The number of hydrogen-bond acceptors (Lipinski definition) is 5. The number of carbonyl (C=O) groups is 2. The molecule has 6 heteroatoms. The number of nitrogens with one attached hydrogen (secondary N) is 1. The van der Waals surface area contributed by atoms with Crippen molar-refractivity contribution in [1.29, 1.82) is 0 Å². The Morgan fingerprint density at radius 3 is 2.62 bits per heavy atom. The third-order valence-electron chi connectivity index (χ3n) is 4.12. The van der Waals surface area contributed by atoms with Gasteiger partial charge in [0.15, 0.2) is 0 Å². The van der Waals surface area contributed by atoms with E-state index in [1.807, 2.05) is 58.0 Å². The molecule has 1 aromatic rings. The van der Waals surface area contributed by atoms with Gasteiger partial charge in [0, 0.05) is 19.1 Å². The Kier molecular flexibility index (Phi) is 7.03. The fourth-order valence-electron chi connectivity index (χ4n) is 2.98. The van der Waals surface area contributed by atoms with E-state index in [9.17, 15) is 9.59 Å². The Bertz CT molecular complexity index is 598. The average molecular weight is 362 g/mol. The first-order chi connectivity index (χ1) is 12.2. The van der Waals surface area contributed by atoms with Gasteiger partial charge in [0.2, 0.25) is 0 Å². The smallest absolute Gasteiger partial charge is 0.407 e. The van der Waals surface area contributed by atoms with E-state index in [0.29, 0.717) is 19.7 Å². The number of ether oxygens (including phenoxy) is 2. The highest BCUT2D eigenvalue weighted by Gasteiger charge is 2.30. The highest BCUT2D eigenvalue weighted by Crippen LogP contribution is 2.18. The maximum atomic E-state index is 12.2. The van der Waals surface area contributed by atoms with Crippen LogP contribution in [0.5, 0.6) is 0 Å². The number of alkyl carbamates (subject to hydrolysis) is 1. The molecule has 1 fully saturated rings. The third-order valence-corrected chi connectivity index (χ3v) is 4.12. The second kappa shape index (κ2) is 9.03. The van der Waals surface area contributed by atoms with Gasteiger partial charge in [0.1, 0.15) is 12.2 Å². The second-order valence-electron chi connectivity index (χ2n) is 7.89. The second-order valence-corrected chi connectivity index (χ2v) is 7.89. The highest BCUT2D eigenvalue weighted by molar-refractivity contribution is 5.73. The van der Waals surface area contributed by atoms with Gasteiger partial charge in [-0.3, -0.25) is 4.79 Å². The standard InChI is InChI=1S/C20H30N2O4/c1-15(21-19(24)26-20(2,3)4)12-22-11-10-17(13-22)18(23)25-14-16-8-6-5-7-9-16/h5-9,15,17H,10-14H2,1-4H3,(H,21,24). The molecule has 2 rings (SSSR count). The van der Waals surface area contributed by atoms with Crippen LogP contribution in [0.15, 0.2) is 30.3 Å². The first kappa shape index (κ1) is 20.2. The van der Waals surface area contributed by atoms with Crippen molar-refractivity contribution in [2.24, 2.45) is 5.92 Å². The fraction of sp³-hybridized carbons (Fsp3) is 0.600. The lowest BCUT2D eigenvalue weighted by Gasteiger charge is -2.24. The topological polar surface area (TPSA) is 67.9 Å². The molecule has 6 nitrogen and oxygen atoms in total. The van der Waals surface area contributed by atoms with Crippen LogP contribution in [0.2, 0.25) is 0 Å². The molecule has 0 aromatic heterocycles. The van der Waals surface area contributed by atoms with Crippen LogP contribution in [-0.4, -0.2) is 48.2 Å². The van der Waals surface area contributed by atoms with E-state index in [0.717, 1.165) is 18.5 Å². The van der Waals surface area contributed by atoms with Crippen LogP contribution in [0.25, 0.3) is 0 Å². The Morgan fingerprint density at radius 1 is 1.27 bits per heavy atom. The molecule has 0 radical (unpaired) electrons. The summed E-state index contributed by atoms with van der Waals surface area (Å²) in [5.41, 5.74) is 0.483. The van der Waals surface area contributed by atoms with Gasteiger partial charge < -0.3 is 19.7 Å². The van der Waals surface area contributed by atoms with E-state index in [4.69, 9.17) is 9.47 Å². The first-order valence-corrected chi connectivity index (χ1v) is 9.15. The Morgan fingerprint density at radius 2 is 1.96 bits per heavy atom. The van der Waals surface area contributed by atoms with Gasteiger partial charge in [-0.2, -0.15) is 0 Å². The number of amides is 1. The molecule has 2 unspecified atom stereocenters. The largest absolute Gasteiger partial charge is 0.461 e. The number of likely N-dealkylation sites (tertiary alicyclic amines) is 1. The maximum Gasteiger partial charge on any atom is 0.407 e. The molecular formula is C20H30N2O4. The number of benzene rings is 1. The van der Waals surface area contributed by atoms with Crippen LogP contribution < -0.4 is 5.32 Å². The van der Waals surface area contributed by atoms with Crippen LogP contribution in [0.4, 0.5) is 4.79 Å². The minimum atomic E-state index is -0.509. The predicted molar refractivity (Wildman–Crippen MR) is 99.6 cm³/mol. The lowest BCUT2D eigenvalue weighted by molar-refractivity contribution is -0.149. The third kappa shape index (κ3) is 7.04. The summed E-state index contributed by atoms with van der Waals surface area (Å²) >= 11 is 0. The van der Waals surface area contributed by atoms with Crippen molar-refractivity contribution >= 4 is 12.1 Å². The van der Waals surface area contributed by atoms with Crippen LogP contribution in [-0.2, 0) is 20.9 Å². The number of hydrogen-bond donors (Lipinski definition) is 1. The van der Waals surface area contributed by atoms with E-state index < -0.39 is 11.7 Å². The number of nitrogens with zero attached hydrogens (tertiary/aromatic N) is 1. The molecule has 0 spiro atoms. The summed E-state index contributed by atoms with van der Waals surface area (Å²) < 4.78 is 10.7. The number of esters is 1. The van der Waals surface area contributed by atoms with Crippen LogP contribution >= 0.6 is 0 Å². The molecule has 1 amide bonds. The van der Waals surface area contributed by atoms with Gasteiger partial charge in [0.05, 0.1) is 5.92 Å². The van der Waals surface area contributed by atoms with Crippen molar-refractivity contribution in [3.63, 3.8) is 0 Å². The molecule has 1 heterocycles. The highest BCUT2D eigenvalue weighted by atomic mass is 16.6. The summed E-state index contributed by atoms with van der Waals surface area (Å²) in [6, 6.07) is 9.63. The zero-order valence-corrected chi connectivity index (χ0v) is 16.2. The summed E-state index contributed by atoms with van der Waals surface area (Å²) in [5, 5.41) is 2.84. The Hall–Kier alpha value is -2.08. The summed E-state index contributed by atoms with van der Waals surface area (Å²) in [4.78, 5) is 26.2.